The normalized spacial score (nSPS) is 11.7. The molecule has 1 aliphatic rings. The Morgan fingerprint density at radius 3 is 1.95 bits per heavy atom. The summed E-state index contributed by atoms with van der Waals surface area (Å²) >= 11 is 0. The van der Waals surface area contributed by atoms with Crippen LogP contribution in [0.15, 0.2) is 84.9 Å². The third-order valence-electron chi connectivity index (χ3n) is 7.53. The molecule has 0 saturated heterocycles. The SMILES string of the molecule is Cc1cc2c(-c3cc([Si](C)(C)C)cc([Si](C)(C)C)c3)c(C)ccc2[cH-]1.[Cl-].[Cl-].[Zr+4].[c-]1cccc2c1[Si]c1ccccc1-2. The monoisotopic (exact) mass is 702 g/mol. The largest absolute Gasteiger partial charge is 4.00 e. The van der Waals surface area contributed by atoms with E-state index < -0.39 is 16.1 Å². The van der Waals surface area contributed by atoms with Crippen LogP contribution in [0.25, 0.3) is 33.0 Å². The summed E-state index contributed by atoms with van der Waals surface area (Å²) in [5.74, 6) is 0. The Morgan fingerprint density at radius 1 is 0.707 bits per heavy atom. The van der Waals surface area contributed by atoms with Crippen LogP contribution in [0.2, 0.25) is 39.3 Å². The standard InChI is InChI=1S/C23H31Si2.C12H7Si.2ClH.Zr/c1-16-11-18-10-9-17(2)23(22(18)12-16)19-13-20(24(3,4)5)15-21(14-19)25(6,7)8;1-3-7-11-9(5-1)10-6-2-4-8-12(10)13-11;;;/h9-15H,1-8H3;1-7H;2*1H;/q2*-1;;;+4/p-2. The average Bonchev–Trinajstić information content (AvgIpc) is 3.42. The first-order valence-electron chi connectivity index (χ1n) is 13.6. The fourth-order valence-electron chi connectivity index (χ4n) is 5.29. The van der Waals surface area contributed by atoms with Gasteiger partial charge in [0.25, 0.3) is 0 Å². The summed E-state index contributed by atoms with van der Waals surface area (Å²) in [5, 5.41) is 8.77. The molecule has 0 atom stereocenters. The van der Waals surface area contributed by atoms with Crippen molar-refractivity contribution in [2.45, 2.75) is 53.1 Å². The molecular formula is C35H38Cl2Si3Zr. The van der Waals surface area contributed by atoms with Crippen LogP contribution in [-0.2, 0) is 26.2 Å². The first-order valence-corrected chi connectivity index (χ1v) is 21.6. The quantitative estimate of drug-likeness (QED) is 0.191. The zero-order valence-corrected chi connectivity index (χ0v) is 32.3. The molecule has 1 heterocycles. The van der Waals surface area contributed by atoms with Gasteiger partial charge in [0.1, 0.15) is 0 Å². The Labute approximate surface area is 283 Å². The molecule has 5 aromatic rings. The van der Waals surface area contributed by atoms with Crippen molar-refractivity contribution < 1.29 is 51.0 Å². The molecule has 0 unspecified atom stereocenters. The van der Waals surface area contributed by atoms with Gasteiger partial charge in [0.15, 0.2) is 0 Å². The topological polar surface area (TPSA) is 0 Å². The molecule has 0 aromatic heterocycles. The molecule has 1 aliphatic heterocycles. The first kappa shape index (κ1) is 35.8. The molecule has 6 heteroatoms. The molecule has 2 radical (unpaired) electrons. The first-order chi connectivity index (χ1) is 17.9. The predicted molar refractivity (Wildman–Crippen MR) is 176 cm³/mol. The Kier molecular flexibility index (Phi) is 12.2. The third kappa shape index (κ3) is 7.77. The molecule has 6 rings (SSSR count). The van der Waals surface area contributed by atoms with Gasteiger partial charge in [-0.3, -0.25) is 0 Å². The van der Waals surface area contributed by atoms with Gasteiger partial charge in [-0.05, 0) is 12.5 Å². The van der Waals surface area contributed by atoms with Gasteiger partial charge in [0.05, 0.1) is 25.7 Å². The number of benzene rings is 4. The summed E-state index contributed by atoms with van der Waals surface area (Å²) in [5.41, 5.74) is 8.36. The minimum absolute atomic E-state index is 0. The second-order valence-corrected chi connectivity index (χ2v) is 24.2. The maximum Gasteiger partial charge on any atom is 4.00 e. The second kappa shape index (κ2) is 13.9. The van der Waals surface area contributed by atoms with Crippen LogP contribution < -0.4 is 45.6 Å². The summed E-state index contributed by atoms with van der Waals surface area (Å²) in [6.07, 6.45) is 0. The molecule has 0 aliphatic carbocycles. The van der Waals surface area contributed by atoms with Crippen molar-refractivity contribution in [3.05, 3.63) is 102 Å². The van der Waals surface area contributed by atoms with E-state index in [0.717, 1.165) is 9.52 Å². The van der Waals surface area contributed by atoms with Crippen LogP contribution in [0.3, 0.4) is 0 Å². The fraction of sp³-hybridized carbons (Fsp3) is 0.229. The zero-order chi connectivity index (χ0) is 27.2. The van der Waals surface area contributed by atoms with Gasteiger partial charge in [0.2, 0.25) is 0 Å². The summed E-state index contributed by atoms with van der Waals surface area (Å²) in [7, 11) is -1.94. The Morgan fingerprint density at radius 2 is 1.32 bits per heavy atom. The molecule has 0 amide bonds. The van der Waals surface area contributed by atoms with Crippen molar-refractivity contribution in [2.75, 3.05) is 0 Å². The van der Waals surface area contributed by atoms with Gasteiger partial charge in [0, 0.05) is 0 Å². The van der Waals surface area contributed by atoms with E-state index in [1.54, 1.807) is 10.4 Å². The molecule has 5 aromatic carbocycles. The Balaban J connectivity index is 0.000000311. The number of fused-ring (bicyclic) bond motifs is 4. The summed E-state index contributed by atoms with van der Waals surface area (Å²) < 4.78 is 0. The van der Waals surface area contributed by atoms with Gasteiger partial charge >= 0.3 is 26.2 Å². The minimum atomic E-state index is -1.37. The molecule has 0 saturated carbocycles. The van der Waals surface area contributed by atoms with Crippen molar-refractivity contribution in [1.29, 1.82) is 0 Å². The second-order valence-electron chi connectivity index (χ2n) is 12.7. The molecule has 0 N–H and O–H groups in total. The third-order valence-corrected chi connectivity index (χ3v) is 12.9. The molecule has 0 nitrogen and oxygen atoms in total. The molecule has 0 spiro atoms. The van der Waals surface area contributed by atoms with Crippen LogP contribution in [0.4, 0.5) is 0 Å². The Bertz CT molecular complexity index is 1570. The van der Waals surface area contributed by atoms with E-state index in [0.29, 0.717) is 0 Å². The van der Waals surface area contributed by atoms with Gasteiger partial charge in [-0.1, -0.05) is 121 Å². The zero-order valence-electron chi connectivity index (χ0n) is 25.3. The van der Waals surface area contributed by atoms with E-state index in [9.17, 15) is 0 Å². The number of hydrogen-bond acceptors (Lipinski definition) is 0. The van der Waals surface area contributed by atoms with E-state index in [2.05, 4.69) is 138 Å². The number of hydrogen-bond donors (Lipinski definition) is 0. The van der Waals surface area contributed by atoms with Gasteiger partial charge in [-0.15, -0.1) is 40.1 Å². The van der Waals surface area contributed by atoms with E-state index in [4.69, 9.17) is 0 Å². The van der Waals surface area contributed by atoms with Gasteiger partial charge in [-0.25, -0.2) is 0 Å². The van der Waals surface area contributed by atoms with Crippen LogP contribution in [-0.4, -0.2) is 25.7 Å². The van der Waals surface area contributed by atoms with Gasteiger partial charge < -0.3 is 24.8 Å². The van der Waals surface area contributed by atoms with Crippen LogP contribution in [0, 0.1) is 19.9 Å². The fourth-order valence-corrected chi connectivity index (χ4v) is 9.10. The summed E-state index contributed by atoms with van der Waals surface area (Å²) in [4.78, 5) is 0. The smallest absolute Gasteiger partial charge is 1.00 e. The predicted octanol–water partition coefficient (Wildman–Crippen LogP) is 1.06. The van der Waals surface area contributed by atoms with Crippen molar-refractivity contribution in [3.63, 3.8) is 0 Å². The average molecular weight is 705 g/mol. The van der Waals surface area contributed by atoms with E-state index in [1.165, 1.54) is 54.5 Å². The summed E-state index contributed by atoms with van der Waals surface area (Å²) in [6.45, 7) is 19.2. The van der Waals surface area contributed by atoms with Crippen molar-refractivity contribution in [3.8, 4) is 22.3 Å². The molecule has 0 bridgehead atoms. The maximum atomic E-state index is 3.31. The van der Waals surface area contributed by atoms with E-state index in [-0.39, 0.29) is 51.0 Å². The van der Waals surface area contributed by atoms with Crippen molar-refractivity contribution in [2.24, 2.45) is 0 Å². The van der Waals surface area contributed by atoms with E-state index in [1.807, 2.05) is 6.07 Å². The van der Waals surface area contributed by atoms with E-state index >= 15 is 0 Å². The molecular weight excluding hydrogens is 667 g/mol. The minimum Gasteiger partial charge on any atom is -1.00 e. The van der Waals surface area contributed by atoms with Crippen LogP contribution in [0.5, 0.6) is 0 Å². The maximum absolute atomic E-state index is 3.31. The van der Waals surface area contributed by atoms with Crippen molar-refractivity contribution in [1.82, 2.24) is 0 Å². The van der Waals surface area contributed by atoms with Crippen molar-refractivity contribution >= 4 is 57.2 Å². The number of aryl methyl sites for hydroxylation is 2. The molecule has 0 fully saturated rings. The number of halogens is 2. The molecule has 208 valence electrons. The van der Waals surface area contributed by atoms with Gasteiger partial charge in [-0.2, -0.15) is 35.5 Å². The summed E-state index contributed by atoms with van der Waals surface area (Å²) in [6, 6.07) is 34.9. The molecule has 41 heavy (non-hydrogen) atoms. The Hall–Kier alpha value is -1.40. The van der Waals surface area contributed by atoms with Crippen LogP contribution in [0.1, 0.15) is 11.1 Å². The number of rotatable bonds is 3. The van der Waals surface area contributed by atoms with Crippen LogP contribution >= 0.6 is 0 Å².